The summed E-state index contributed by atoms with van der Waals surface area (Å²) in [6, 6.07) is 0. The van der Waals surface area contributed by atoms with Crippen molar-refractivity contribution >= 4 is 11.9 Å². The predicted octanol–water partition coefficient (Wildman–Crippen LogP) is -0.393. The van der Waals surface area contributed by atoms with Crippen LogP contribution in [0.1, 0.15) is 6.92 Å². The monoisotopic (exact) mass is 231 g/mol. The van der Waals surface area contributed by atoms with Gasteiger partial charge in [-0.2, -0.15) is 0 Å². The van der Waals surface area contributed by atoms with Crippen molar-refractivity contribution in [2.24, 2.45) is 10.9 Å². The standard InChI is InChI=1S/C10H21N3O3/c1-8(9(14)16-4)7-13-10(11-2)12-5-6-15-3/h8H,5-7H2,1-4H3,(H2,11,12,13). The van der Waals surface area contributed by atoms with Gasteiger partial charge >= 0.3 is 5.97 Å². The fourth-order valence-corrected chi connectivity index (χ4v) is 1.03. The molecule has 16 heavy (non-hydrogen) atoms. The van der Waals surface area contributed by atoms with E-state index in [2.05, 4.69) is 20.4 Å². The second kappa shape index (κ2) is 8.96. The Morgan fingerprint density at radius 3 is 2.56 bits per heavy atom. The van der Waals surface area contributed by atoms with Crippen LogP contribution in [0.5, 0.6) is 0 Å². The molecule has 0 bridgehead atoms. The van der Waals surface area contributed by atoms with Gasteiger partial charge in [0.25, 0.3) is 0 Å². The van der Waals surface area contributed by atoms with Gasteiger partial charge in [-0.05, 0) is 0 Å². The van der Waals surface area contributed by atoms with E-state index in [1.807, 2.05) is 0 Å². The Labute approximate surface area is 96.4 Å². The molecule has 0 aliphatic carbocycles. The molecule has 0 saturated carbocycles. The van der Waals surface area contributed by atoms with E-state index in [-0.39, 0.29) is 11.9 Å². The van der Waals surface area contributed by atoms with Crippen LogP contribution in [0.3, 0.4) is 0 Å². The number of hydrogen-bond acceptors (Lipinski definition) is 4. The molecule has 0 aromatic rings. The molecule has 0 saturated heterocycles. The smallest absolute Gasteiger partial charge is 0.310 e. The van der Waals surface area contributed by atoms with Gasteiger partial charge in [0.1, 0.15) is 0 Å². The molecule has 6 heteroatoms. The number of carbonyl (C=O) groups is 1. The summed E-state index contributed by atoms with van der Waals surface area (Å²) < 4.78 is 9.52. The van der Waals surface area contributed by atoms with E-state index in [1.54, 1.807) is 21.1 Å². The van der Waals surface area contributed by atoms with Crippen LogP contribution in [0.2, 0.25) is 0 Å². The molecule has 0 radical (unpaired) electrons. The summed E-state index contributed by atoms with van der Waals surface area (Å²) >= 11 is 0. The molecule has 0 aliphatic rings. The van der Waals surface area contributed by atoms with Crippen molar-refractivity contribution in [1.82, 2.24) is 10.6 Å². The zero-order valence-corrected chi connectivity index (χ0v) is 10.4. The Balaban J connectivity index is 3.83. The number of esters is 1. The third-order valence-electron chi connectivity index (χ3n) is 2.00. The van der Waals surface area contributed by atoms with E-state index in [9.17, 15) is 4.79 Å². The molecule has 0 amide bonds. The zero-order valence-electron chi connectivity index (χ0n) is 10.4. The molecule has 0 aliphatic heterocycles. The summed E-state index contributed by atoms with van der Waals surface area (Å²) in [7, 11) is 4.69. The van der Waals surface area contributed by atoms with Gasteiger partial charge in [-0.25, -0.2) is 0 Å². The number of hydrogen-bond donors (Lipinski definition) is 2. The van der Waals surface area contributed by atoms with Crippen LogP contribution in [0.4, 0.5) is 0 Å². The predicted molar refractivity (Wildman–Crippen MR) is 62.4 cm³/mol. The summed E-state index contributed by atoms with van der Waals surface area (Å²) in [5.41, 5.74) is 0. The lowest BCUT2D eigenvalue weighted by Gasteiger charge is -2.14. The van der Waals surface area contributed by atoms with Crippen LogP contribution in [0.15, 0.2) is 4.99 Å². The maximum absolute atomic E-state index is 11.1. The van der Waals surface area contributed by atoms with Gasteiger partial charge in [-0.3, -0.25) is 9.79 Å². The van der Waals surface area contributed by atoms with E-state index < -0.39 is 0 Å². The lowest BCUT2D eigenvalue weighted by Crippen LogP contribution is -2.41. The summed E-state index contributed by atoms with van der Waals surface area (Å²) in [4.78, 5) is 15.1. The highest BCUT2D eigenvalue weighted by Crippen LogP contribution is 1.94. The van der Waals surface area contributed by atoms with Crippen molar-refractivity contribution in [3.8, 4) is 0 Å². The molecule has 0 fully saturated rings. The van der Waals surface area contributed by atoms with Gasteiger partial charge in [-0.15, -0.1) is 0 Å². The van der Waals surface area contributed by atoms with Gasteiger partial charge in [0.05, 0.1) is 19.6 Å². The Bertz CT molecular complexity index is 231. The number of guanidine groups is 1. The largest absolute Gasteiger partial charge is 0.469 e. The highest BCUT2D eigenvalue weighted by Gasteiger charge is 2.12. The fourth-order valence-electron chi connectivity index (χ4n) is 1.03. The number of rotatable bonds is 6. The number of nitrogens with one attached hydrogen (secondary N) is 2. The minimum atomic E-state index is -0.236. The van der Waals surface area contributed by atoms with Gasteiger partial charge in [0.2, 0.25) is 0 Å². The molecule has 1 atom stereocenters. The minimum Gasteiger partial charge on any atom is -0.469 e. The van der Waals surface area contributed by atoms with Crippen LogP contribution in [0.25, 0.3) is 0 Å². The van der Waals surface area contributed by atoms with Crippen molar-refractivity contribution in [3.05, 3.63) is 0 Å². The lowest BCUT2D eigenvalue weighted by atomic mass is 10.2. The van der Waals surface area contributed by atoms with E-state index in [0.29, 0.717) is 25.7 Å². The Morgan fingerprint density at radius 1 is 1.38 bits per heavy atom. The van der Waals surface area contributed by atoms with E-state index in [4.69, 9.17) is 4.74 Å². The molecule has 1 unspecified atom stereocenters. The zero-order chi connectivity index (χ0) is 12.4. The Hall–Kier alpha value is -1.30. The molecule has 0 aromatic carbocycles. The average molecular weight is 231 g/mol. The third kappa shape index (κ3) is 6.23. The van der Waals surface area contributed by atoms with Crippen molar-refractivity contribution in [2.45, 2.75) is 6.92 Å². The SMILES string of the molecule is CN=C(NCCOC)NCC(C)C(=O)OC. The highest BCUT2D eigenvalue weighted by molar-refractivity contribution is 5.80. The maximum Gasteiger partial charge on any atom is 0.310 e. The van der Waals surface area contributed by atoms with E-state index in [1.165, 1.54) is 7.11 Å². The van der Waals surface area contributed by atoms with E-state index >= 15 is 0 Å². The van der Waals surface area contributed by atoms with Gasteiger partial charge in [0.15, 0.2) is 5.96 Å². The van der Waals surface area contributed by atoms with Crippen LogP contribution in [-0.4, -0.2) is 52.9 Å². The molecule has 6 nitrogen and oxygen atoms in total. The number of nitrogens with zero attached hydrogens (tertiary/aromatic N) is 1. The van der Waals surface area contributed by atoms with Crippen LogP contribution >= 0.6 is 0 Å². The van der Waals surface area contributed by atoms with E-state index in [0.717, 1.165) is 0 Å². The first-order valence-corrected chi connectivity index (χ1v) is 5.17. The topological polar surface area (TPSA) is 72.0 Å². The highest BCUT2D eigenvalue weighted by atomic mass is 16.5. The molecule has 0 aromatic heterocycles. The van der Waals surface area contributed by atoms with Crippen LogP contribution < -0.4 is 10.6 Å². The van der Waals surface area contributed by atoms with Crippen LogP contribution in [-0.2, 0) is 14.3 Å². The fraction of sp³-hybridized carbons (Fsp3) is 0.800. The number of carbonyl (C=O) groups excluding carboxylic acids is 1. The molecule has 0 heterocycles. The molecule has 0 spiro atoms. The number of aliphatic imine (C=N–C) groups is 1. The first kappa shape index (κ1) is 14.7. The second-order valence-corrected chi connectivity index (χ2v) is 3.30. The molecule has 2 N–H and O–H groups in total. The summed E-state index contributed by atoms with van der Waals surface area (Å²) in [5, 5.41) is 6.07. The van der Waals surface area contributed by atoms with Gasteiger partial charge in [0, 0.05) is 27.2 Å². The van der Waals surface area contributed by atoms with Crippen LogP contribution in [0, 0.1) is 5.92 Å². The first-order valence-electron chi connectivity index (χ1n) is 5.17. The van der Waals surface area contributed by atoms with Crippen molar-refractivity contribution < 1.29 is 14.3 Å². The minimum absolute atomic E-state index is 0.203. The van der Waals surface area contributed by atoms with Crippen molar-refractivity contribution in [2.75, 3.05) is 41.0 Å². The second-order valence-electron chi connectivity index (χ2n) is 3.30. The number of ether oxygens (including phenoxy) is 2. The van der Waals surface area contributed by atoms with Gasteiger partial charge < -0.3 is 20.1 Å². The van der Waals surface area contributed by atoms with Crippen molar-refractivity contribution in [3.63, 3.8) is 0 Å². The Kier molecular flexibility index (Phi) is 8.24. The van der Waals surface area contributed by atoms with Gasteiger partial charge in [-0.1, -0.05) is 6.92 Å². The number of methoxy groups -OCH3 is 2. The molecular formula is C10H21N3O3. The van der Waals surface area contributed by atoms with Crippen molar-refractivity contribution in [1.29, 1.82) is 0 Å². The lowest BCUT2D eigenvalue weighted by molar-refractivity contribution is -0.144. The average Bonchev–Trinajstić information content (AvgIpc) is 2.32. The molecular weight excluding hydrogens is 210 g/mol. The first-order chi connectivity index (χ1) is 7.65. The summed E-state index contributed by atoms with van der Waals surface area (Å²) in [5.74, 6) is 0.207. The normalized spacial score (nSPS) is 13.1. The Morgan fingerprint density at radius 2 is 2.06 bits per heavy atom. The molecule has 94 valence electrons. The molecule has 0 rings (SSSR count). The third-order valence-corrected chi connectivity index (χ3v) is 2.00. The quantitative estimate of drug-likeness (QED) is 0.282. The maximum atomic E-state index is 11.1. The summed E-state index contributed by atoms with van der Waals surface area (Å²) in [6.45, 7) is 3.55. The summed E-state index contributed by atoms with van der Waals surface area (Å²) in [6.07, 6.45) is 0.